The minimum atomic E-state index is -0.00636. The summed E-state index contributed by atoms with van der Waals surface area (Å²) in [4.78, 5) is 20.9. The Balaban J connectivity index is 2.72. The molecule has 1 amide bonds. The minimum Gasteiger partial charge on any atom is -0.357 e. The van der Waals surface area contributed by atoms with E-state index in [1.807, 2.05) is 18.9 Å². The number of benzene rings is 1. The molecule has 5 nitrogen and oxygen atoms in total. The van der Waals surface area contributed by atoms with Crippen molar-refractivity contribution < 1.29 is 4.79 Å². The Morgan fingerprint density at radius 1 is 1.23 bits per heavy atom. The average Bonchev–Trinajstić information content (AvgIpc) is 2.51. The molecular formula is C16H26N4OS. The molecule has 0 aliphatic carbocycles. The van der Waals surface area contributed by atoms with E-state index in [9.17, 15) is 4.79 Å². The molecule has 22 heavy (non-hydrogen) atoms. The Morgan fingerprint density at radius 2 is 1.86 bits per heavy atom. The molecule has 0 fully saturated rings. The molecule has 1 aromatic carbocycles. The number of likely N-dealkylation sites (N-methyl/N-ethyl adjacent to an activating group) is 1. The van der Waals surface area contributed by atoms with Crippen LogP contribution in [0.15, 0.2) is 34.2 Å². The van der Waals surface area contributed by atoms with Gasteiger partial charge in [-0.15, -0.1) is 11.8 Å². The number of carbonyl (C=O) groups excluding carboxylic acids is 1. The lowest BCUT2D eigenvalue weighted by Gasteiger charge is -2.22. The Kier molecular flexibility index (Phi) is 7.80. The summed E-state index contributed by atoms with van der Waals surface area (Å²) >= 11 is 1.73. The number of hydrogen-bond acceptors (Lipinski definition) is 3. The van der Waals surface area contributed by atoms with Crippen molar-refractivity contribution in [3.05, 3.63) is 29.8 Å². The van der Waals surface area contributed by atoms with Gasteiger partial charge in [0.15, 0.2) is 5.96 Å². The highest BCUT2D eigenvalue weighted by Gasteiger charge is 2.09. The predicted octanol–water partition coefficient (Wildman–Crippen LogP) is 1.89. The fourth-order valence-corrected chi connectivity index (χ4v) is 2.24. The Morgan fingerprint density at radius 3 is 2.36 bits per heavy atom. The molecule has 0 saturated heterocycles. The fraction of sp³-hybridized carbons (Fsp3) is 0.500. The van der Waals surface area contributed by atoms with Crippen LogP contribution < -0.4 is 5.32 Å². The molecule has 0 bridgehead atoms. The first-order valence-electron chi connectivity index (χ1n) is 7.30. The van der Waals surface area contributed by atoms with Crippen molar-refractivity contribution in [3.63, 3.8) is 0 Å². The molecule has 0 unspecified atom stereocenters. The standard InChI is InChI=1S/C16H26N4OS/c1-6-17-16(18-11-15(21)19(2)3)20(4)12-13-7-9-14(22-5)10-8-13/h7-10H,6,11-12H2,1-5H3,(H,17,18). The molecule has 0 aliphatic heterocycles. The summed E-state index contributed by atoms with van der Waals surface area (Å²) in [5.74, 6) is 0.736. The summed E-state index contributed by atoms with van der Waals surface area (Å²) in [6.45, 7) is 3.69. The van der Waals surface area contributed by atoms with Gasteiger partial charge < -0.3 is 15.1 Å². The van der Waals surface area contributed by atoms with Gasteiger partial charge in [0, 0.05) is 39.1 Å². The average molecular weight is 322 g/mol. The molecule has 0 spiro atoms. The zero-order valence-corrected chi connectivity index (χ0v) is 14.9. The largest absolute Gasteiger partial charge is 0.357 e. The van der Waals surface area contributed by atoms with Crippen LogP contribution in [0.2, 0.25) is 0 Å². The first kappa shape index (κ1) is 18.4. The van der Waals surface area contributed by atoms with Gasteiger partial charge in [-0.2, -0.15) is 0 Å². The van der Waals surface area contributed by atoms with E-state index < -0.39 is 0 Å². The maximum atomic E-state index is 11.7. The van der Waals surface area contributed by atoms with Crippen LogP contribution in [0, 0.1) is 0 Å². The number of rotatable bonds is 6. The van der Waals surface area contributed by atoms with Crippen molar-refractivity contribution in [2.45, 2.75) is 18.4 Å². The third-order valence-electron chi connectivity index (χ3n) is 3.14. The number of hydrogen-bond donors (Lipinski definition) is 1. The third-order valence-corrected chi connectivity index (χ3v) is 3.88. The highest BCUT2D eigenvalue weighted by molar-refractivity contribution is 7.98. The topological polar surface area (TPSA) is 47.9 Å². The monoisotopic (exact) mass is 322 g/mol. The van der Waals surface area contributed by atoms with Crippen LogP contribution in [-0.2, 0) is 11.3 Å². The zero-order chi connectivity index (χ0) is 16.5. The lowest BCUT2D eigenvalue weighted by Crippen LogP contribution is -2.39. The van der Waals surface area contributed by atoms with E-state index in [1.165, 1.54) is 10.5 Å². The Hall–Kier alpha value is -1.69. The van der Waals surface area contributed by atoms with Crippen LogP contribution in [-0.4, -0.2) is 62.2 Å². The fourth-order valence-electron chi connectivity index (χ4n) is 1.83. The maximum absolute atomic E-state index is 11.7. The van der Waals surface area contributed by atoms with Gasteiger partial charge >= 0.3 is 0 Å². The highest BCUT2D eigenvalue weighted by Crippen LogP contribution is 2.15. The van der Waals surface area contributed by atoms with Gasteiger partial charge in [0.05, 0.1) is 0 Å². The highest BCUT2D eigenvalue weighted by atomic mass is 32.2. The summed E-state index contributed by atoms with van der Waals surface area (Å²) in [5.41, 5.74) is 1.21. The van der Waals surface area contributed by atoms with Gasteiger partial charge in [-0.05, 0) is 30.9 Å². The normalized spacial score (nSPS) is 11.2. The summed E-state index contributed by atoms with van der Waals surface area (Å²) in [5, 5.41) is 3.22. The number of aliphatic imine (C=N–C) groups is 1. The van der Waals surface area contributed by atoms with Gasteiger partial charge in [-0.25, -0.2) is 4.99 Å². The molecule has 0 aliphatic rings. The molecule has 0 atom stereocenters. The molecule has 122 valence electrons. The van der Waals surface area contributed by atoms with E-state index in [-0.39, 0.29) is 12.5 Å². The number of guanidine groups is 1. The van der Waals surface area contributed by atoms with Gasteiger partial charge in [-0.3, -0.25) is 4.79 Å². The van der Waals surface area contributed by atoms with Crippen molar-refractivity contribution in [3.8, 4) is 0 Å². The van der Waals surface area contributed by atoms with E-state index in [0.29, 0.717) is 0 Å². The number of amides is 1. The second-order valence-corrected chi connectivity index (χ2v) is 6.04. The first-order chi connectivity index (χ1) is 10.5. The van der Waals surface area contributed by atoms with Crippen molar-refractivity contribution in [2.24, 2.45) is 4.99 Å². The van der Waals surface area contributed by atoms with Gasteiger partial charge in [0.1, 0.15) is 6.54 Å². The number of carbonyl (C=O) groups is 1. The summed E-state index contributed by atoms with van der Waals surface area (Å²) in [6, 6.07) is 8.48. The van der Waals surface area contributed by atoms with Crippen molar-refractivity contribution in [2.75, 3.05) is 40.5 Å². The summed E-state index contributed by atoms with van der Waals surface area (Å²) in [7, 11) is 5.45. The number of nitrogens with zero attached hydrogens (tertiary/aromatic N) is 3. The van der Waals surface area contributed by atoms with Crippen LogP contribution in [0.3, 0.4) is 0 Å². The van der Waals surface area contributed by atoms with Crippen LogP contribution in [0.25, 0.3) is 0 Å². The van der Waals surface area contributed by atoms with E-state index in [1.54, 1.807) is 30.8 Å². The van der Waals surface area contributed by atoms with Gasteiger partial charge in [0.2, 0.25) is 5.91 Å². The Labute approximate surface area is 137 Å². The van der Waals surface area contributed by atoms with Gasteiger partial charge in [-0.1, -0.05) is 12.1 Å². The predicted molar refractivity (Wildman–Crippen MR) is 94.4 cm³/mol. The van der Waals surface area contributed by atoms with Crippen LogP contribution in [0.5, 0.6) is 0 Å². The first-order valence-corrected chi connectivity index (χ1v) is 8.53. The molecular weight excluding hydrogens is 296 g/mol. The molecule has 1 rings (SSSR count). The van der Waals surface area contributed by atoms with Gasteiger partial charge in [0.25, 0.3) is 0 Å². The maximum Gasteiger partial charge on any atom is 0.243 e. The molecule has 0 heterocycles. The van der Waals surface area contributed by atoms with Crippen molar-refractivity contribution in [1.82, 2.24) is 15.1 Å². The molecule has 0 saturated carbocycles. The zero-order valence-electron chi connectivity index (χ0n) is 14.1. The van der Waals surface area contributed by atoms with Crippen molar-refractivity contribution in [1.29, 1.82) is 0 Å². The third kappa shape index (κ3) is 5.97. The Bertz CT molecular complexity index is 499. The minimum absolute atomic E-state index is 0.00636. The van der Waals surface area contributed by atoms with E-state index in [2.05, 4.69) is 40.8 Å². The number of nitrogens with one attached hydrogen (secondary N) is 1. The summed E-state index contributed by atoms with van der Waals surface area (Å²) < 4.78 is 0. The molecule has 1 N–H and O–H groups in total. The molecule has 0 radical (unpaired) electrons. The molecule has 1 aromatic rings. The van der Waals surface area contributed by atoms with Crippen LogP contribution >= 0.6 is 11.8 Å². The van der Waals surface area contributed by atoms with E-state index in [0.717, 1.165) is 19.0 Å². The second kappa shape index (κ2) is 9.35. The summed E-state index contributed by atoms with van der Waals surface area (Å²) in [6.07, 6.45) is 2.07. The smallest absolute Gasteiger partial charge is 0.243 e. The van der Waals surface area contributed by atoms with Crippen LogP contribution in [0.4, 0.5) is 0 Å². The quantitative estimate of drug-likeness (QED) is 0.494. The SMILES string of the molecule is CCNC(=NCC(=O)N(C)C)N(C)Cc1ccc(SC)cc1. The molecule has 6 heteroatoms. The number of thioether (sulfide) groups is 1. The lowest BCUT2D eigenvalue weighted by atomic mass is 10.2. The van der Waals surface area contributed by atoms with Crippen molar-refractivity contribution >= 4 is 23.6 Å². The van der Waals surface area contributed by atoms with Crippen LogP contribution in [0.1, 0.15) is 12.5 Å². The molecule has 0 aromatic heterocycles. The van der Waals surface area contributed by atoms with E-state index in [4.69, 9.17) is 0 Å². The second-order valence-electron chi connectivity index (χ2n) is 5.16. The lowest BCUT2D eigenvalue weighted by molar-refractivity contribution is -0.127. The van der Waals surface area contributed by atoms with E-state index >= 15 is 0 Å².